The first-order valence-electron chi connectivity index (χ1n) is 7.99. The van der Waals surface area contributed by atoms with Crippen LogP contribution in [0.5, 0.6) is 0 Å². The lowest BCUT2D eigenvalue weighted by Gasteiger charge is -2.09. The highest BCUT2D eigenvalue weighted by Crippen LogP contribution is 2.17. The lowest BCUT2D eigenvalue weighted by Crippen LogP contribution is -2.41. The molecule has 0 aliphatic carbocycles. The number of aromatic nitrogens is 2. The minimum atomic E-state index is -1.22. The average Bonchev–Trinajstić information content (AvgIpc) is 2.66. The van der Waals surface area contributed by atoms with Crippen LogP contribution in [0.15, 0.2) is 35.1 Å². The largest absolute Gasteiger partial charge is 0.480 e. The number of carboxylic acid groups (broad SMARTS) is 1. The maximum absolute atomic E-state index is 12.3. The Labute approximate surface area is 158 Å². The molecule has 0 spiro atoms. The Kier molecular flexibility index (Phi) is 6.22. The van der Waals surface area contributed by atoms with Crippen LogP contribution in [-0.4, -0.2) is 51.6 Å². The van der Waals surface area contributed by atoms with Crippen molar-refractivity contribution >= 4 is 23.6 Å². The van der Waals surface area contributed by atoms with Crippen LogP contribution in [0.25, 0.3) is 11.3 Å². The number of nitrogens with one attached hydrogen (secondary N) is 3. The summed E-state index contributed by atoms with van der Waals surface area (Å²) < 4.78 is 0.994. The third-order valence-electron chi connectivity index (χ3n) is 3.65. The van der Waals surface area contributed by atoms with E-state index in [-0.39, 0.29) is 11.4 Å². The van der Waals surface area contributed by atoms with Crippen molar-refractivity contribution in [2.75, 3.05) is 13.1 Å². The molecule has 0 unspecified atom stereocenters. The molecule has 11 nitrogen and oxygen atoms in total. The zero-order valence-electron chi connectivity index (χ0n) is 14.9. The number of nitrogen functional groups attached to an aromatic ring is 1. The summed E-state index contributed by atoms with van der Waals surface area (Å²) in [7, 11) is 1.38. The van der Waals surface area contributed by atoms with Gasteiger partial charge in [-0.25, -0.2) is 4.68 Å². The summed E-state index contributed by atoms with van der Waals surface area (Å²) in [6, 6.07) is 7.79. The van der Waals surface area contributed by atoms with E-state index in [0.29, 0.717) is 16.8 Å². The van der Waals surface area contributed by atoms with Gasteiger partial charge < -0.3 is 21.5 Å². The number of hydrogen-bond acceptors (Lipinski definition) is 6. The molecule has 1 heterocycles. The fourth-order valence-corrected chi connectivity index (χ4v) is 2.23. The lowest BCUT2D eigenvalue weighted by molar-refractivity contribution is -0.137. The van der Waals surface area contributed by atoms with Crippen molar-refractivity contribution in [3.8, 4) is 11.3 Å². The summed E-state index contributed by atoms with van der Waals surface area (Å²) in [5.74, 6) is -2.82. The normalized spacial score (nSPS) is 10.2. The van der Waals surface area contributed by atoms with Gasteiger partial charge >= 0.3 is 5.97 Å². The van der Waals surface area contributed by atoms with Crippen LogP contribution in [0.2, 0.25) is 0 Å². The number of nitrogens with zero attached hydrogens (tertiary/aromatic N) is 2. The van der Waals surface area contributed by atoms with E-state index in [0.717, 1.165) is 4.68 Å². The second-order valence-corrected chi connectivity index (χ2v) is 5.72. The molecule has 0 saturated carbocycles. The molecule has 28 heavy (non-hydrogen) atoms. The third-order valence-corrected chi connectivity index (χ3v) is 3.65. The number of benzene rings is 1. The second-order valence-electron chi connectivity index (χ2n) is 5.72. The maximum Gasteiger partial charge on any atom is 0.322 e. The zero-order valence-corrected chi connectivity index (χ0v) is 14.9. The average molecular weight is 386 g/mol. The highest BCUT2D eigenvalue weighted by Gasteiger charge is 2.16. The van der Waals surface area contributed by atoms with E-state index in [1.54, 1.807) is 24.3 Å². The van der Waals surface area contributed by atoms with Gasteiger partial charge in [0.15, 0.2) is 0 Å². The molecule has 0 saturated heterocycles. The van der Waals surface area contributed by atoms with Gasteiger partial charge in [-0.3, -0.25) is 24.6 Å². The van der Waals surface area contributed by atoms with Gasteiger partial charge in [0.25, 0.3) is 11.5 Å². The fraction of sp³-hybridized carbons (Fsp3) is 0.176. The highest BCUT2D eigenvalue weighted by atomic mass is 16.4. The van der Waals surface area contributed by atoms with Crippen molar-refractivity contribution in [2.45, 2.75) is 0 Å². The van der Waals surface area contributed by atoms with Crippen LogP contribution in [0, 0.1) is 5.41 Å². The van der Waals surface area contributed by atoms with E-state index in [9.17, 15) is 19.2 Å². The zero-order chi connectivity index (χ0) is 20.8. The molecule has 0 aliphatic heterocycles. The van der Waals surface area contributed by atoms with Crippen molar-refractivity contribution in [1.82, 2.24) is 20.4 Å². The van der Waals surface area contributed by atoms with Crippen molar-refractivity contribution < 1.29 is 19.5 Å². The first kappa shape index (κ1) is 20.3. The quantitative estimate of drug-likeness (QED) is 0.288. The van der Waals surface area contributed by atoms with E-state index in [4.69, 9.17) is 16.2 Å². The molecular formula is C17H18N6O5. The first-order chi connectivity index (χ1) is 13.2. The standard InChI is InChI=1S/C17H18N6O5/c1-23-17(28)11(16(27)21-7-13(24)20-8-14(25)26)6-12(22-23)9-2-4-10(5-3-9)15(18)19/h2-6H,7-8H2,1H3,(H3,18,19)(H,20,24)(H,21,27)(H,25,26). The summed E-state index contributed by atoms with van der Waals surface area (Å²) in [5, 5.41) is 24.3. The molecule has 0 fully saturated rings. The molecule has 11 heteroatoms. The number of carboxylic acids is 1. The van der Waals surface area contributed by atoms with Crippen LogP contribution in [-0.2, 0) is 16.6 Å². The highest BCUT2D eigenvalue weighted by molar-refractivity contribution is 5.97. The van der Waals surface area contributed by atoms with Crippen LogP contribution >= 0.6 is 0 Å². The van der Waals surface area contributed by atoms with Gasteiger partial charge in [0, 0.05) is 18.2 Å². The predicted molar refractivity (Wildman–Crippen MR) is 98.9 cm³/mol. The molecule has 1 aromatic carbocycles. The van der Waals surface area contributed by atoms with Gasteiger partial charge in [-0.05, 0) is 6.07 Å². The number of carbonyl (C=O) groups excluding carboxylic acids is 2. The van der Waals surface area contributed by atoms with Crippen molar-refractivity contribution in [3.05, 3.63) is 51.8 Å². The number of nitrogens with two attached hydrogens (primary N) is 1. The molecule has 2 aromatic rings. The predicted octanol–water partition coefficient (Wildman–Crippen LogP) is -1.34. The Morgan fingerprint density at radius 3 is 2.39 bits per heavy atom. The monoisotopic (exact) mass is 386 g/mol. The number of rotatable bonds is 7. The van der Waals surface area contributed by atoms with Crippen LogP contribution in [0.4, 0.5) is 0 Å². The number of amidine groups is 1. The van der Waals surface area contributed by atoms with Gasteiger partial charge in [-0.1, -0.05) is 24.3 Å². The molecule has 146 valence electrons. The summed E-state index contributed by atoms with van der Waals surface area (Å²) in [6.45, 7) is -1.06. The molecule has 0 radical (unpaired) electrons. The topological polar surface area (TPSA) is 180 Å². The summed E-state index contributed by atoms with van der Waals surface area (Å²) >= 11 is 0. The minimum Gasteiger partial charge on any atom is -0.480 e. The Morgan fingerprint density at radius 2 is 1.82 bits per heavy atom. The van der Waals surface area contributed by atoms with E-state index < -0.39 is 36.4 Å². The Balaban J connectivity index is 2.21. The summed E-state index contributed by atoms with van der Waals surface area (Å²) in [5.41, 5.74) is 5.96. The van der Waals surface area contributed by atoms with Crippen molar-refractivity contribution in [1.29, 1.82) is 5.41 Å². The van der Waals surface area contributed by atoms with Gasteiger partial charge in [-0.2, -0.15) is 5.10 Å². The smallest absolute Gasteiger partial charge is 0.322 e. The van der Waals surface area contributed by atoms with Crippen LogP contribution in [0.3, 0.4) is 0 Å². The number of hydrogen-bond donors (Lipinski definition) is 5. The van der Waals surface area contributed by atoms with Gasteiger partial charge in [0.05, 0.1) is 12.2 Å². The van der Waals surface area contributed by atoms with Gasteiger partial charge in [-0.15, -0.1) is 0 Å². The molecule has 0 aliphatic rings. The number of aliphatic carboxylic acids is 1. The molecule has 1 aromatic heterocycles. The van der Waals surface area contributed by atoms with Gasteiger partial charge in [0.2, 0.25) is 5.91 Å². The second kappa shape index (κ2) is 8.58. The Hall–Kier alpha value is -4.02. The van der Waals surface area contributed by atoms with Crippen molar-refractivity contribution in [2.24, 2.45) is 12.8 Å². The molecule has 2 amide bonds. The van der Waals surface area contributed by atoms with E-state index in [1.165, 1.54) is 13.1 Å². The summed E-state index contributed by atoms with van der Waals surface area (Å²) in [4.78, 5) is 46.4. The fourth-order valence-electron chi connectivity index (χ4n) is 2.23. The van der Waals surface area contributed by atoms with E-state index in [2.05, 4.69) is 15.7 Å². The summed E-state index contributed by atoms with van der Waals surface area (Å²) in [6.07, 6.45) is 0. The minimum absolute atomic E-state index is 0.0961. The number of amides is 2. The van der Waals surface area contributed by atoms with E-state index in [1.807, 2.05) is 0 Å². The molecule has 2 rings (SSSR count). The molecular weight excluding hydrogens is 368 g/mol. The van der Waals surface area contributed by atoms with Crippen LogP contribution < -0.4 is 21.9 Å². The number of aryl methyl sites for hydroxylation is 1. The van der Waals surface area contributed by atoms with Crippen LogP contribution in [0.1, 0.15) is 15.9 Å². The number of carbonyl (C=O) groups is 3. The Morgan fingerprint density at radius 1 is 1.18 bits per heavy atom. The molecule has 0 atom stereocenters. The molecule has 6 N–H and O–H groups in total. The van der Waals surface area contributed by atoms with Gasteiger partial charge in [0.1, 0.15) is 17.9 Å². The Bertz CT molecular complexity index is 996. The SMILES string of the molecule is Cn1nc(-c2ccc(C(=N)N)cc2)cc(C(=O)NCC(=O)NCC(=O)O)c1=O. The first-order valence-corrected chi connectivity index (χ1v) is 7.99. The third kappa shape index (κ3) is 5.00. The lowest BCUT2D eigenvalue weighted by atomic mass is 10.1. The van der Waals surface area contributed by atoms with E-state index >= 15 is 0 Å². The maximum atomic E-state index is 12.3. The molecule has 0 bridgehead atoms. The van der Waals surface area contributed by atoms with Crippen molar-refractivity contribution in [3.63, 3.8) is 0 Å².